The molecule has 0 aromatic heterocycles. The molecule has 2 heterocycles. The zero-order chi connectivity index (χ0) is 16.2. The maximum Gasteiger partial charge on any atom is 0.242 e. The molecule has 0 radical (unpaired) electrons. The summed E-state index contributed by atoms with van der Waals surface area (Å²) in [5.41, 5.74) is 1.93. The average molecular weight is 332 g/mol. The number of anilines is 1. The van der Waals surface area contributed by atoms with Gasteiger partial charge in [0.25, 0.3) is 0 Å². The van der Waals surface area contributed by atoms with Crippen LogP contribution in [0.15, 0.2) is 24.3 Å². The van der Waals surface area contributed by atoms with Crippen molar-refractivity contribution in [2.45, 2.75) is 37.9 Å². The Balaban J connectivity index is 1.67. The largest absolute Gasteiger partial charge is 0.340 e. The lowest BCUT2D eigenvalue weighted by molar-refractivity contribution is -0.131. The summed E-state index contributed by atoms with van der Waals surface area (Å²) in [5.74, 6) is 1.21. The van der Waals surface area contributed by atoms with Gasteiger partial charge in [-0.3, -0.25) is 9.59 Å². The topological polar surface area (TPSA) is 40.6 Å². The number of rotatable bonds is 4. The summed E-state index contributed by atoms with van der Waals surface area (Å²) in [6.45, 7) is 3.99. The van der Waals surface area contributed by atoms with Crippen molar-refractivity contribution >= 4 is 29.3 Å². The molecule has 124 valence electrons. The minimum Gasteiger partial charge on any atom is -0.340 e. The van der Waals surface area contributed by atoms with Gasteiger partial charge in [0.1, 0.15) is 6.54 Å². The number of amides is 2. The molecular weight excluding hydrogens is 308 g/mol. The molecule has 1 atom stereocenters. The zero-order valence-electron chi connectivity index (χ0n) is 13.7. The number of carbonyl (C=O) groups is 2. The van der Waals surface area contributed by atoms with E-state index < -0.39 is 0 Å². The van der Waals surface area contributed by atoms with Gasteiger partial charge in [0.2, 0.25) is 11.8 Å². The Bertz CT molecular complexity index is 590. The predicted octanol–water partition coefficient (Wildman–Crippen LogP) is 2.71. The fourth-order valence-corrected chi connectivity index (χ4v) is 4.52. The summed E-state index contributed by atoms with van der Waals surface area (Å²) in [7, 11) is 0. The van der Waals surface area contributed by atoms with Crippen molar-refractivity contribution in [1.82, 2.24) is 4.90 Å². The van der Waals surface area contributed by atoms with Crippen LogP contribution >= 0.6 is 11.8 Å². The molecule has 1 aromatic carbocycles. The van der Waals surface area contributed by atoms with E-state index in [1.165, 1.54) is 12.8 Å². The van der Waals surface area contributed by atoms with Crippen LogP contribution in [0.3, 0.4) is 0 Å². The van der Waals surface area contributed by atoms with Crippen LogP contribution in [-0.2, 0) is 16.0 Å². The number of benzene rings is 1. The first-order chi connectivity index (χ1) is 11.2. The highest BCUT2D eigenvalue weighted by atomic mass is 32.2. The van der Waals surface area contributed by atoms with E-state index in [1.54, 1.807) is 4.90 Å². The van der Waals surface area contributed by atoms with Crippen molar-refractivity contribution in [1.29, 1.82) is 0 Å². The summed E-state index contributed by atoms with van der Waals surface area (Å²) >= 11 is 1.94. The monoisotopic (exact) mass is 332 g/mol. The summed E-state index contributed by atoms with van der Waals surface area (Å²) < 4.78 is 0. The molecule has 1 fully saturated rings. The number of hydrogen-bond donors (Lipinski definition) is 0. The van der Waals surface area contributed by atoms with Crippen molar-refractivity contribution < 1.29 is 9.59 Å². The van der Waals surface area contributed by atoms with Gasteiger partial charge in [0.15, 0.2) is 0 Å². The molecule has 2 aliphatic heterocycles. The normalized spacial score (nSPS) is 21.3. The third kappa shape index (κ3) is 3.71. The minimum absolute atomic E-state index is 0.0360. The van der Waals surface area contributed by atoms with Gasteiger partial charge in [-0.15, -0.1) is 0 Å². The van der Waals surface area contributed by atoms with Gasteiger partial charge in [0, 0.05) is 24.0 Å². The molecule has 1 saturated heterocycles. The summed E-state index contributed by atoms with van der Waals surface area (Å²) in [4.78, 5) is 28.6. The fraction of sp³-hybridized carbons (Fsp3) is 0.556. The number of nitrogens with zero attached hydrogens (tertiary/aromatic N) is 2. The van der Waals surface area contributed by atoms with E-state index in [0.29, 0.717) is 11.7 Å². The van der Waals surface area contributed by atoms with Gasteiger partial charge in [-0.1, -0.05) is 31.5 Å². The Kier molecular flexibility index (Phi) is 5.26. The lowest BCUT2D eigenvalue weighted by Crippen LogP contribution is -2.43. The highest BCUT2D eigenvalue weighted by Gasteiger charge is 2.30. The van der Waals surface area contributed by atoms with Crippen molar-refractivity contribution in [2.24, 2.45) is 0 Å². The van der Waals surface area contributed by atoms with Gasteiger partial charge in [0.05, 0.1) is 6.42 Å². The highest BCUT2D eigenvalue weighted by molar-refractivity contribution is 7.99. The number of hydrogen-bond acceptors (Lipinski definition) is 3. The quantitative estimate of drug-likeness (QED) is 0.851. The third-order valence-electron chi connectivity index (χ3n) is 4.60. The molecule has 2 amide bonds. The Morgan fingerprint density at radius 1 is 1.30 bits per heavy atom. The SMILES string of the molecule is CCSC1CCCCN(C(=O)CN2C(=O)Cc3ccccc32)C1. The molecule has 3 rings (SSSR count). The van der Waals surface area contributed by atoms with E-state index in [-0.39, 0.29) is 18.4 Å². The predicted molar refractivity (Wildman–Crippen MR) is 94.9 cm³/mol. The second-order valence-electron chi connectivity index (χ2n) is 6.20. The van der Waals surface area contributed by atoms with E-state index in [1.807, 2.05) is 40.9 Å². The maximum atomic E-state index is 12.7. The van der Waals surface area contributed by atoms with Crippen LogP contribution in [0.2, 0.25) is 0 Å². The summed E-state index contributed by atoms with van der Waals surface area (Å²) in [6.07, 6.45) is 3.86. The number of carbonyl (C=O) groups excluding carboxylic acids is 2. The average Bonchev–Trinajstić information content (AvgIpc) is 2.72. The second kappa shape index (κ2) is 7.39. The number of fused-ring (bicyclic) bond motifs is 1. The third-order valence-corrected chi connectivity index (χ3v) is 5.79. The lowest BCUT2D eigenvalue weighted by atomic mass is 10.2. The van der Waals surface area contributed by atoms with Crippen LogP contribution in [0.25, 0.3) is 0 Å². The minimum atomic E-state index is 0.0360. The van der Waals surface area contributed by atoms with E-state index in [2.05, 4.69) is 6.92 Å². The molecule has 0 N–H and O–H groups in total. The Hall–Kier alpha value is -1.49. The maximum absolute atomic E-state index is 12.7. The standard InChI is InChI=1S/C18H24N2O2S/c1-2-23-15-8-5-6-10-19(12-15)18(22)13-20-16-9-4-3-7-14(16)11-17(20)21/h3-4,7,9,15H,2,5-6,8,10-13H2,1H3. The number of thioether (sulfide) groups is 1. The van der Waals surface area contributed by atoms with Crippen LogP contribution in [0, 0.1) is 0 Å². The number of likely N-dealkylation sites (tertiary alicyclic amines) is 1. The molecule has 0 saturated carbocycles. The Morgan fingerprint density at radius 2 is 2.13 bits per heavy atom. The van der Waals surface area contributed by atoms with E-state index >= 15 is 0 Å². The zero-order valence-corrected chi connectivity index (χ0v) is 14.5. The molecule has 0 aliphatic carbocycles. The molecule has 4 nitrogen and oxygen atoms in total. The lowest BCUT2D eigenvalue weighted by Gasteiger charge is -2.26. The molecular formula is C18H24N2O2S. The van der Waals surface area contributed by atoms with Gasteiger partial charge in [-0.05, 0) is 30.2 Å². The van der Waals surface area contributed by atoms with Crippen molar-refractivity contribution in [3.8, 4) is 0 Å². The van der Waals surface area contributed by atoms with Crippen LogP contribution in [-0.4, -0.2) is 47.4 Å². The van der Waals surface area contributed by atoms with Gasteiger partial charge in [-0.25, -0.2) is 0 Å². The molecule has 0 spiro atoms. The van der Waals surface area contributed by atoms with Gasteiger partial charge < -0.3 is 9.80 Å². The Morgan fingerprint density at radius 3 is 2.96 bits per heavy atom. The van der Waals surface area contributed by atoms with Crippen molar-refractivity contribution in [3.63, 3.8) is 0 Å². The molecule has 5 heteroatoms. The molecule has 1 aromatic rings. The van der Waals surface area contributed by atoms with Crippen molar-refractivity contribution in [2.75, 3.05) is 30.3 Å². The molecule has 23 heavy (non-hydrogen) atoms. The van der Waals surface area contributed by atoms with E-state index in [9.17, 15) is 9.59 Å². The smallest absolute Gasteiger partial charge is 0.242 e. The van der Waals surface area contributed by atoms with Crippen LogP contribution in [0.1, 0.15) is 31.7 Å². The van der Waals surface area contributed by atoms with Crippen LogP contribution in [0.5, 0.6) is 0 Å². The molecule has 2 aliphatic rings. The first-order valence-corrected chi connectivity index (χ1v) is 9.51. The summed E-state index contributed by atoms with van der Waals surface area (Å²) in [5, 5.41) is 0.535. The Labute approximate surface area is 142 Å². The van der Waals surface area contributed by atoms with E-state index in [4.69, 9.17) is 0 Å². The fourth-order valence-electron chi connectivity index (χ4n) is 3.43. The first-order valence-electron chi connectivity index (χ1n) is 8.46. The van der Waals surface area contributed by atoms with E-state index in [0.717, 1.165) is 36.5 Å². The second-order valence-corrected chi connectivity index (χ2v) is 7.78. The van der Waals surface area contributed by atoms with Gasteiger partial charge in [-0.2, -0.15) is 11.8 Å². The number of para-hydroxylation sites is 1. The van der Waals surface area contributed by atoms with Crippen LogP contribution in [0.4, 0.5) is 5.69 Å². The summed E-state index contributed by atoms with van der Waals surface area (Å²) in [6, 6.07) is 7.77. The van der Waals surface area contributed by atoms with Gasteiger partial charge >= 0.3 is 0 Å². The molecule has 0 bridgehead atoms. The molecule has 1 unspecified atom stereocenters. The van der Waals surface area contributed by atoms with Crippen molar-refractivity contribution in [3.05, 3.63) is 29.8 Å². The highest BCUT2D eigenvalue weighted by Crippen LogP contribution is 2.28. The first kappa shape index (κ1) is 16.4. The van der Waals surface area contributed by atoms with Crippen LogP contribution < -0.4 is 4.90 Å².